The van der Waals surface area contributed by atoms with E-state index in [-0.39, 0.29) is 6.04 Å². The number of benzene rings is 1. The minimum Gasteiger partial charge on any atom is -0.387 e. The Bertz CT molecular complexity index is 373. The number of aliphatic hydroxyl groups is 1. The van der Waals surface area contributed by atoms with Gasteiger partial charge in [0.15, 0.2) is 0 Å². The van der Waals surface area contributed by atoms with E-state index in [2.05, 4.69) is 26.0 Å². The van der Waals surface area contributed by atoms with Gasteiger partial charge in [-0.25, -0.2) is 0 Å². The lowest BCUT2D eigenvalue weighted by molar-refractivity contribution is 0.144. The quantitative estimate of drug-likeness (QED) is 0.636. The molecule has 1 aliphatic carbocycles. The number of aliphatic hydroxyl groups excluding tert-OH is 1. The zero-order valence-electron chi connectivity index (χ0n) is 9.46. The van der Waals surface area contributed by atoms with Crippen molar-refractivity contribution in [2.24, 2.45) is 5.73 Å². The second-order valence-corrected chi connectivity index (χ2v) is 4.64. The third kappa shape index (κ3) is 1.92. The first-order valence-electron chi connectivity index (χ1n) is 5.63. The summed E-state index contributed by atoms with van der Waals surface area (Å²) in [5, 5.41) is 10.1. The van der Waals surface area contributed by atoms with Gasteiger partial charge in [0.1, 0.15) is 0 Å². The molecule has 0 saturated carbocycles. The highest BCUT2D eigenvalue weighted by atomic mass is 16.3. The molecule has 1 aliphatic rings. The number of nitrogens with two attached hydrogens (primary N) is 1. The lowest BCUT2D eigenvalue weighted by Gasteiger charge is -2.18. The maximum absolute atomic E-state index is 10.1. The second-order valence-electron chi connectivity index (χ2n) is 4.64. The van der Waals surface area contributed by atoms with Gasteiger partial charge >= 0.3 is 0 Å². The van der Waals surface area contributed by atoms with Crippen LogP contribution in [-0.2, 0) is 6.42 Å². The molecule has 0 fully saturated rings. The Kier molecular flexibility index (Phi) is 2.81. The van der Waals surface area contributed by atoms with Crippen molar-refractivity contribution in [2.75, 3.05) is 0 Å². The maximum atomic E-state index is 10.1. The Morgan fingerprint density at radius 3 is 2.67 bits per heavy atom. The maximum Gasteiger partial charge on any atom is 0.0943 e. The third-order valence-electron chi connectivity index (χ3n) is 3.46. The van der Waals surface area contributed by atoms with Crippen molar-refractivity contribution in [2.45, 2.75) is 45.3 Å². The molecule has 0 unspecified atom stereocenters. The molecule has 15 heavy (non-hydrogen) atoms. The van der Waals surface area contributed by atoms with Crippen molar-refractivity contribution in [1.82, 2.24) is 0 Å². The SMILES string of the molecule is Cc1cc2c(cc1C)[C@@H](O)[C@H](N)CCC2. The number of hydrogen-bond donors (Lipinski definition) is 2. The van der Waals surface area contributed by atoms with Gasteiger partial charge < -0.3 is 10.8 Å². The van der Waals surface area contributed by atoms with Crippen LogP contribution in [0.4, 0.5) is 0 Å². The van der Waals surface area contributed by atoms with Gasteiger partial charge in [0.2, 0.25) is 0 Å². The summed E-state index contributed by atoms with van der Waals surface area (Å²) in [6.07, 6.45) is 2.55. The van der Waals surface area contributed by atoms with Crippen molar-refractivity contribution in [3.05, 3.63) is 34.4 Å². The molecule has 0 radical (unpaired) electrons. The van der Waals surface area contributed by atoms with Crippen molar-refractivity contribution in [1.29, 1.82) is 0 Å². The predicted octanol–water partition coefficient (Wildman–Crippen LogP) is 2.00. The van der Waals surface area contributed by atoms with Crippen LogP contribution in [0.5, 0.6) is 0 Å². The zero-order chi connectivity index (χ0) is 11.0. The Balaban J connectivity index is 2.49. The molecule has 82 valence electrons. The van der Waals surface area contributed by atoms with Gasteiger partial charge in [0, 0.05) is 6.04 Å². The molecule has 2 atom stereocenters. The fraction of sp³-hybridized carbons (Fsp3) is 0.538. The zero-order valence-corrected chi connectivity index (χ0v) is 9.46. The van der Waals surface area contributed by atoms with Crippen LogP contribution in [0, 0.1) is 13.8 Å². The molecule has 3 N–H and O–H groups in total. The average Bonchev–Trinajstić information content (AvgIpc) is 2.32. The van der Waals surface area contributed by atoms with Crippen LogP contribution >= 0.6 is 0 Å². The summed E-state index contributed by atoms with van der Waals surface area (Å²) in [4.78, 5) is 0. The van der Waals surface area contributed by atoms with E-state index in [0.717, 1.165) is 24.8 Å². The highest BCUT2D eigenvalue weighted by Crippen LogP contribution is 2.29. The number of rotatable bonds is 0. The molecule has 2 nitrogen and oxygen atoms in total. The predicted molar refractivity (Wildman–Crippen MR) is 61.8 cm³/mol. The van der Waals surface area contributed by atoms with Crippen LogP contribution in [0.25, 0.3) is 0 Å². The van der Waals surface area contributed by atoms with Crippen LogP contribution in [0.2, 0.25) is 0 Å². The Hall–Kier alpha value is -0.860. The van der Waals surface area contributed by atoms with Crippen LogP contribution in [0.15, 0.2) is 12.1 Å². The van der Waals surface area contributed by atoms with E-state index in [9.17, 15) is 5.11 Å². The minimum absolute atomic E-state index is 0.103. The van der Waals surface area contributed by atoms with Crippen molar-refractivity contribution < 1.29 is 5.11 Å². The van der Waals surface area contributed by atoms with Gasteiger partial charge in [-0.05, 0) is 55.4 Å². The van der Waals surface area contributed by atoms with Gasteiger partial charge in [0.05, 0.1) is 6.10 Å². The van der Waals surface area contributed by atoms with E-state index in [4.69, 9.17) is 5.73 Å². The number of aryl methyl sites for hydroxylation is 3. The molecule has 0 spiro atoms. The van der Waals surface area contributed by atoms with Gasteiger partial charge in [-0.3, -0.25) is 0 Å². The molecule has 0 amide bonds. The van der Waals surface area contributed by atoms with Crippen LogP contribution < -0.4 is 5.73 Å². The molecule has 0 aliphatic heterocycles. The van der Waals surface area contributed by atoms with Crippen molar-refractivity contribution >= 4 is 0 Å². The van der Waals surface area contributed by atoms with E-state index < -0.39 is 6.10 Å². The molecule has 2 rings (SSSR count). The van der Waals surface area contributed by atoms with Gasteiger partial charge in [-0.1, -0.05) is 12.1 Å². The summed E-state index contributed by atoms with van der Waals surface area (Å²) in [5.41, 5.74) is 10.8. The molecule has 0 saturated heterocycles. The van der Waals surface area contributed by atoms with Crippen molar-refractivity contribution in [3.63, 3.8) is 0 Å². The Morgan fingerprint density at radius 1 is 1.27 bits per heavy atom. The third-order valence-corrected chi connectivity index (χ3v) is 3.46. The highest BCUT2D eigenvalue weighted by molar-refractivity contribution is 5.39. The summed E-state index contributed by atoms with van der Waals surface area (Å²) in [6.45, 7) is 4.20. The Labute approximate surface area is 91.1 Å². The van der Waals surface area contributed by atoms with E-state index >= 15 is 0 Å². The Morgan fingerprint density at radius 2 is 1.93 bits per heavy atom. The van der Waals surface area contributed by atoms with E-state index in [0.29, 0.717) is 0 Å². The van der Waals surface area contributed by atoms with E-state index in [1.807, 2.05) is 0 Å². The van der Waals surface area contributed by atoms with E-state index in [1.165, 1.54) is 16.7 Å². The van der Waals surface area contributed by atoms with Gasteiger partial charge in [-0.2, -0.15) is 0 Å². The summed E-state index contributed by atoms with van der Waals surface area (Å²) in [6, 6.07) is 4.19. The van der Waals surface area contributed by atoms with Crippen LogP contribution in [0.3, 0.4) is 0 Å². The molecule has 0 heterocycles. The highest BCUT2D eigenvalue weighted by Gasteiger charge is 2.23. The largest absolute Gasteiger partial charge is 0.387 e. The molecule has 0 bridgehead atoms. The lowest BCUT2D eigenvalue weighted by atomic mass is 9.94. The second kappa shape index (κ2) is 3.95. The average molecular weight is 205 g/mol. The van der Waals surface area contributed by atoms with Gasteiger partial charge in [0.25, 0.3) is 0 Å². The lowest BCUT2D eigenvalue weighted by Crippen LogP contribution is -2.27. The normalized spacial score (nSPS) is 25.9. The van der Waals surface area contributed by atoms with Crippen molar-refractivity contribution in [3.8, 4) is 0 Å². The summed E-state index contributed by atoms with van der Waals surface area (Å²) < 4.78 is 0. The van der Waals surface area contributed by atoms with Crippen LogP contribution in [-0.4, -0.2) is 11.1 Å². The summed E-state index contributed by atoms with van der Waals surface area (Å²) in [7, 11) is 0. The standard InChI is InChI=1S/C13H19NO/c1-8-6-10-4-3-5-12(14)13(15)11(10)7-9(8)2/h6-7,12-13,15H,3-5,14H2,1-2H3/t12-,13-/m1/s1. The molecular weight excluding hydrogens is 186 g/mol. The molecule has 2 heteroatoms. The fourth-order valence-corrected chi connectivity index (χ4v) is 2.31. The molecular formula is C13H19NO. The molecule has 1 aromatic carbocycles. The van der Waals surface area contributed by atoms with Crippen LogP contribution in [0.1, 0.15) is 41.2 Å². The summed E-state index contributed by atoms with van der Waals surface area (Å²) in [5.74, 6) is 0. The molecule has 0 aromatic heterocycles. The first-order chi connectivity index (χ1) is 7.09. The first-order valence-corrected chi connectivity index (χ1v) is 5.63. The topological polar surface area (TPSA) is 46.2 Å². The monoisotopic (exact) mass is 205 g/mol. The number of fused-ring (bicyclic) bond motifs is 1. The van der Waals surface area contributed by atoms with Gasteiger partial charge in [-0.15, -0.1) is 0 Å². The fourth-order valence-electron chi connectivity index (χ4n) is 2.31. The smallest absolute Gasteiger partial charge is 0.0943 e. The van der Waals surface area contributed by atoms with E-state index in [1.54, 1.807) is 0 Å². The first kappa shape index (κ1) is 10.7. The molecule has 1 aromatic rings. The number of hydrogen-bond acceptors (Lipinski definition) is 2. The minimum atomic E-state index is -0.484. The summed E-state index contributed by atoms with van der Waals surface area (Å²) >= 11 is 0.